The molecule has 0 aliphatic heterocycles. The third-order valence-corrected chi connectivity index (χ3v) is 5.36. The molecule has 0 saturated heterocycles. The second-order valence-electron chi connectivity index (χ2n) is 6.52. The fourth-order valence-corrected chi connectivity index (χ4v) is 3.80. The van der Waals surface area contributed by atoms with Crippen LogP contribution in [0.15, 0.2) is 61.2 Å². The second-order valence-corrected chi connectivity index (χ2v) is 6.96. The smallest absolute Gasteiger partial charge is 0.137 e. The van der Waals surface area contributed by atoms with Crippen LogP contribution in [0.25, 0.3) is 0 Å². The molecule has 4 rings (SSSR count). The van der Waals surface area contributed by atoms with Crippen LogP contribution < -0.4 is 0 Å². The minimum absolute atomic E-state index is 0.183. The van der Waals surface area contributed by atoms with Gasteiger partial charge in [0.15, 0.2) is 0 Å². The van der Waals surface area contributed by atoms with Gasteiger partial charge in [-0.15, -0.1) is 0 Å². The fourth-order valence-electron chi connectivity index (χ4n) is 3.67. The summed E-state index contributed by atoms with van der Waals surface area (Å²) in [6.45, 7) is 0.183. The molecule has 0 amide bonds. The van der Waals surface area contributed by atoms with Crippen LogP contribution in [-0.2, 0) is 17.6 Å². The summed E-state index contributed by atoms with van der Waals surface area (Å²) >= 11 is 6.01. The molecule has 2 aromatic carbocycles. The minimum Gasteiger partial charge on any atom is -0.382 e. The highest BCUT2D eigenvalue weighted by Crippen LogP contribution is 2.60. The van der Waals surface area contributed by atoms with Crippen molar-refractivity contribution in [3.8, 4) is 0 Å². The number of hydrogen-bond acceptors (Lipinski definition) is 3. The summed E-state index contributed by atoms with van der Waals surface area (Å²) in [5.74, 6) is -0.300. The summed E-state index contributed by atoms with van der Waals surface area (Å²) in [7, 11) is 0. The lowest BCUT2D eigenvalue weighted by molar-refractivity contribution is -0.0257. The summed E-state index contributed by atoms with van der Waals surface area (Å²) in [5.41, 5.74) is -0.799. The number of nitrogens with zero attached hydrogens (tertiary/aromatic N) is 3. The van der Waals surface area contributed by atoms with E-state index in [2.05, 4.69) is 10.1 Å². The second kappa shape index (κ2) is 5.93. The van der Waals surface area contributed by atoms with Crippen molar-refractivity contribution in [2.75, 3.05) is 0 Å². The molecule has 3 aromatic rings. The Morgan fingerprint density at radius 1 is 1.16 bits per heavy atom. The van der Waals surface area contributed by atoms with Gasteiger partial charge in [-0.1, -0.05) is 41.9 Å². The average molecular weight is 358 g/mol. The van der Waals surface area contributed by atoms with E-state index in [1.54, 1.807) is 53.5 Å². The molecule has 1 aliphatic carbocycles. The van der Waals surface area contributed by atoms with Gasteiger partial charge in [-0.2, -0.15) is 5.10 Å². The van der Waals surface area contributed by atoms with Gasteiger partial charge in [0.05, 0.1) is 6.54 Å². The van der Waals surface area contributed by atoms with Crippen molar-refractivity contribution in [3.63, 3.8) is 0 Å². The van der Waals surface area contributed by atoms with Crippen molar-refractivity contribution in [1.82, 2.24) is 14.8 Å². The summed E-state index contributed by atoms with van der Waals surface area (Å²) in [5, 5.41) is 16.5. The maximum atomic E-state index is 14.5. The molecule has 1 atom stereocenters. The van der Waals surface area contributed by atoms with Crippen LogP contribution in [0.5, 0.6) is 0 Å². The van der Waals surface area contributed by atoms with Gasteiger partial charge in [-0.25, -0.2) is 14.1 Å². The van der Waals surface area contributed by atoms with Crippen molar-refractivity contribution in [2.24, 2.45) is 0 Å². The summed E-state index contributed by atoms with van der Waals surface area (Å²) in [6.07, 6.45) is 4.37. The normalized spacial score (nSPS) is 17.9. The van der Waals surface area contributed by atoms with Crippen LogP contribution >= 0.6 is 11.6 Å². The Morgan fingerprint density at radius 3 is 2.48 bits per heavy atom. The van der Waals surface area contributed by atoms with E-state index in [1.165, 1.54) is 12.4 Å². The Morgan fingerprint density at radius 2 is 1.88 bits per heavy atom. The Kier molecular flexibility index (Phi) is 3.85. The third kappa shape index (κ3) is 2.64. The number of rotatable bonds is 5. The number of aromatic nitrogens is 3. The average Bonchev–Trinajstić information content (AvgIpc) is 3.27. The van der Waals surface area contributed by atoms with Gasteiger partial charge in [-0.05, 0) is 42.2 Å². The Bertz CT molecular complexity index is 878. The van der Waals surface area contributed by atoms with Gasteiger partial charge in [0.25, 0.3) is 0 Å². The van der Waals surface area contributed by atoms with Crippen molar-refractivity contribution in [2.45, 2.75) is 30.4 Å². The molecule has 128 valence electrons. The van der Waals surface area contributed by atoms with Crippen LogP contribution in [0.2, 0.25) is 5.02 Å². The quantitative estimate of drug-likeness (QED) is 0.757. The first-order valence-electron chi connectivity index (χ1n) is 8.11. The van der Waals surface area contributed by atoms with Crippen LogP contribution in [0, 0.1) is 5.82 Å². The molecule has 4 nitrogen and oxygen atoms in total. The van der Waals surface area contributed by atoms with E-state index in [4.69, 9.17) is 11.6 Å². The van der Waals surface area contributed by atoms with E-state index in [9.17, 15) is 9.50 Å². The molecule has 1 unspecified atom stereocenters. The number of halogens is 2. The van der Waals surface area contributed by atoms with Crippen molar-refractivity contribution < 1.29 is 9.50 Å². The van der Waals surface area contributed by atoms with Crippen LogP contribution in [0.3, 0.4) is 0 Å². The highest BCUT2D eigenvalue weighted by molar-refractivity contribution is 6.30. The summed E-state index contributed by atoms with van der Waals surface area (Å²) in [6, 6.07) is 13.7. The van der Waals surface area contributed by atoms with E-state index in [1.807, 2.05) is 0 Å². The van der Waals surface area contributed by atoms with Crippen molar-refractivity contribution in [3.05, 3.63) is 83.2 Å². The van der Waals surface area contributed by atoms with Gasteiger partial charge >= 0.3 is 0 Å². The molecule has 1 fully saturated rings. The molecule has 1 N–H and O–H groups in total. The highest BCUT2D eigenvalue weighted by Gasteiger charge is 2.61. The molecule has 6 heteroatoms. The number of aliphatic hydroxyl groups is 1. The lowest BCUT2D eigenvalue weighted by Crippen LogP contribution is -2.44. The first-order chi connectivity index (χ1) is 12.1. The van der Waals surface area contributed by atoms with Crippen LogP contribution in [0.4, 0.5) is 4.39 Å². The van der Waals surface area contributed by atoms with Gasteiger partial charge in [0.1, 0.15) is 24.1 Å². The van der Waals surface area contributed by atoms with E-state index in [-0.39, 0.29) is 12.4 Å². The standard InChI is InChI=1S/C19H17ClFN3O/c20-15-7-5-14(6-8-15)19(25,11-24-13-22-12-23-24)18(9-10-18)16-3-1-2-4-17(16)21/h1-8,12-13,25H,9-11H2. The van der Waals surface area contributed by atoms with Crippen LogP contribution in [0.1, 0.15) is 24.0 Å². The van der Waals surface area contributed by atoms with Crippen molar-refractivity contribution in [1.29, 1.82) is 0 Å². The number of hydrogen-bond donors (Lipinski definition) is 1. The predicted molar refractivity (Wildman–Crippen MR) is 92.7 cm³/mol. The molecular weight excluding hydrogens is 341 g/mol. The van der Waals surface area contributed by atoms with Crippen LogP contribution in [-0.4, -0.2) is 19.9 Å². The molecule has 0 bridgehead atoms. The molecule has 1 heterocycles. The van der Waals surface area contributed by atoms with Gasteiger partial charge in [0, 0.05) is 10.4 Å². The summed E-state index contributed by atoms with van der Waals surface area (Å²) < 4.78 is 16.1. The third-order valence-electron chi connectivity index (χ3n) is 5.11. The zero-order valence-electron chi connectivity index (χ0n) is 13.4. The van der Waals surface area contributed by atoms with Crippen molar-refractivity contribution >= 4 is 11.6 Å². The first kappa shape index (κ1) is 16.2. The Labute approximate surface area is 149 Å². The highest BCUT2D eigenvalue weighted by atomic mass is 35.5. The Balaban J connectivity index is 1.86. The molecule has 1 saturated carbocycles. The topological polar surface area (TPSA) is 50.9 Å². The largest absolute Gasteiger partial charge is 0.382 e. The lowest BCUT2D eigenvalue weighted by Gasteiger charge is -2.38. The fraction of sp³-hybridized carbons (Fsp3) is 0.263. The lowest BCUT2D eigenvalue weighted by atomic mass is 9.74. The van der Waals surface area contributed by atoms with E-state index < -0.39 is 11.0 Å². The van der Waals surface area contributed by atoms with Gasteiger partial charge < -0.3 is 5.11 Å². The van der Waals surface area contributed by atoms with Gasteiger partial charge in [-0.3, -0.25) is 0 Å². The SMILES string of the molecule is OC(Cn1cncn1)(c1ccc(Cl)cc1)C1(c2ccccc2F)CC1. The first-order valence-corrected chi connectivity index (χ1v) is 8.49. The maximum absolute atomic E-state index is 14.5. The summed E-state index contributed by atoms with van der Waals surface area (Å²) in [4.78, 5) is 3.95. The van der Waals surface area contributed by atoms with E-state index in [0.29, 0.717) is 29.0 Å². The molecule has 1 aliphatic rings. The zero-order valence-corrected chi connectivity index (χ0v) is 14.2. The molecule has 0 spiro atoms. The molecule has 25 heavy (non-hydrogen) atoms. The van der Waals surface area contributed by atoms with Gasteiger partial charge in [0.2, 0.25) is 0 Å². The Hall–Kier alpha value is -2.24. The zero-order chi connectivity index (χ0) is 17.5. The van der Waals surface area contributed by atoms with E-state index >= 15 is 0 Å². The number of benzene rings is 2. The monoisotopic (exact) mass is 357 g/mol. The van der Waals surface area contributed by atoms with E-state index in [0.717, 1.165) is 0 Å². The maximum Gasteiger partial charge on any atom is 0.137 e. The molecule has 0 radical (unpaired) electrons. The predicted octanol–water partition coefficient (Wildman–Crippen LogP) is 3.69. The molecular formula is C19H17ClFN3O. The molecule has 1 aromatic heterocycles. The minimum atomic E-state index is -1.33.